The Balaban J connectivity index is 2.29. The van der Waals surface area contributed by atoms with E-state index in [1.54, 1.807) is 18.2 Å². The minimum atomic E-state index is -4.37. The molecule has 1 fully saturated rings. The molecule has 1 aromatic rings. The van der Waals surface area contributed by atoms with E-state index in [1.807, 2.05) is 0 Å². The number of para-hydroxylation sites is 1. The molecule has 0 bridgehead atoms. The highest BCUT2D eigenvalue weighted by atomic mass is 19.4. The molecule has 1 atom stereocenters. The summed E-state index contributed by atoms with van der Waals surface area (Å²) in [5, 5.41) is 12.2. The van der Waals surface area contributed by atoms with E-state index in [-0.39, 0.29) is 36.1 Å². The van der Waals surface area contributed by atoms with Crippen LogP contribution in [0, 0.1) is 0 Å². The molecule has 1 unspecified atom stereocenters. The number of hydrogen-bond acceptors (Lipinski definition) is 6. The Kier molecular flexibility index (Phi) is 5.13. The molecule has 1 saturated heterocycles. The molecule has 0 aromatic heterocycles. The number of nitrogens with one attached hydrogen (secondary N) is 1. The van der Waals surface area contributed by atoms with Crippen molar-refractivity contribution in [2.24, 2.45) is 17.2 Å². The Labute approximate surface area is 137 Å². The van der Waals surface area contributed by atoms with Crippen molar-refractivity contribution in [2.45, 2.75) is 12.2 Å². The fraction of sp³-hybridized carbons (Fsp3) is 0.333. The summed E-state index contributed by atoms with van der Waals surface area (Å²) in [7, 11) is 0. The van der Waals surface area contributed by atoms with Crippen LogP contribution in [-0.4, -0.2) is 41.9 Å². The molecule has 2 rings (SSSR count). The fourth-order valence-electron chi connectivity index (χ4n) is 2.49. The summed E-state index contributed by atoms with van der Waals surface area (Å²) in [6.07, 6.45) is -3.00. The van der Waals surface area contributed by atoms with Gasteiger partial charge >= 0.3 is 6.18 Å². The summed E-state index contributed by atoms with van der Waals surface area (Å²) in [5.74, 6) is -0.189. The molecule has 0 amide bonds. The van der Waals surface area contributed by atoms with E-state index in [0.717, 1.165) is 0 Å². The van der Waals surface area contributed by atoms with E-state index in [9.17, 15) is 18.3 Å². The van der Waals surface area contributed by atoms with Crippen molar-refractivity contribution in [1.29, 1.82) is 0 Å². The van der Waals surface area contributed by atoms with Crippen LogP contribution >= 0.6 is 0 Å². The average Bonchev–Trinajstić information content (AvgIpc) is 2.52. The number of phenolic OH excluding ortho intramolecular Hbond substituents is 1. The summed E-state index contributed by atoms with van der Waals surface area (Å²) in [6, 6.07) is 4.66. The van der Waals surface area contributed by atoms with Crippen LogP contribution in [0.1, 0.15) is 5.56 Å². The highest BCUT2D eigenvalue weighted by molar-refractivity contribution is 5.69. The van der Waals surface area contributed by atoms with E-state index in [0.29, 0.717) is 12.1 Å². The lowest BCUT2D eigenvalue weighted by Crippen LogP contribution is -2.56. The second-order valence-electron chi connectivity index (χ2n) is 5.45. The van der Waals surface area contributed by atoms with Crippen molar-refractivity contribution in [3.8, 4) is 5.75 Å². The molecule has 1 heterocycles. The second-order valence-corrected chi connectivity index (χ2v) is 5.45. The van der Waals surface area contributed by atoms with Crippen molar-refractivity contribution in [2.75, 3.05) is 19.6 Å². The SMILES string of the molecule is NC(N)=C(/C=C(\N)c1ccccc1O)N1CCNC(C(F)(F)F)C1. The van der Waals surface area contributed by atoms with Crippen molar-refractivity contribution in [3.63, 3.8) is 0 Å². The van der Waals surface area contributed by atoms with E-state index >= 15 is 0 Å². The third-order valence-electron chi connectivity index (χ3n) is 3.71. The summed E-state index contributed by atoms with van der Waals surface area (Å²) < 4.78 is 38.8. The quantitative estimate of drug-likeness (QED) is 0.514. The first-order valence-corrected chi connectivity index (χ1v) is 7.26. The summed E-state index contributed by atoms with van der Waals surface area (Å²) in [4.78, 5) is 1.43. The van der Waals surface area contributed by atoms with Crippen LogP contribution in [-0.2, 0) is 0 Å². The van der Waals surface area contributed by atoms with Gasteiger partial charge in [-0.15, -0.1) is 0 Å². The molecule has 0 radical (unpaired) electrons. The molecule has 0 spiro atoms. The Bertz CT molecular complexity index is 653. The number of benzene rings is 1. The highest BCUT2D eigenvalue weighted by Crippen LogP contribution is 2.26. The Hall–Kier alpha value is -2.55. The number of nitrogens with zero attached hydrogens (tertiary/aromatic N) is 1. The predicted molar refractivity (Wildman–Crippen MR) is 85.1 cm³/mol. The van der Waals surface area contributed by atoms with Gasteiger partial charge < -0.3 is 32.5 Å². The minimum absolute atomic E-state index is 0.0466. The van der Waals surface area contributed by atoms with Gasteiger partial charge in [-0.1, -0.05) is 12.1 Å². The molecular weight excluding hydrogens is 323 g/mol. The predicted octanol–water partition coefficient (Wildman–Crippen LogP) is 0.614. The molecule has 8 N–H and O–H groups in total. The van der Waals surface area contributed by atoms with Crippen LogP contribution in [0.25, 0.3) is 5.70 Å². The molecule has 9 heteroatoms. The lowest BCUT2D eigenvalue weighted by molar-refractivity contribution is -0.163. The van der Waals surface area contributed by atoms with Gasteiger partial charge in [0.05, 0.1) is 5.70 Å². The first-order valence-electron chi connectivity index (χ1n) is 7.26. The van der Waals surface area contributed by atoms with E-state index < -0.39 is 12.2 Å². The maximum atomic E-state index is 12.9. The van der Waals surface area contributed by atoms with Gasteiger partial charge in [-0.05, 0) is 18.2 Å². The van der Waals surface area contributed by atoms with E-state index in [2.05, 4.69) is 5.32 Å². The first-order chi connectivity index (χ1) is 11.2. The van der Waals surface area contributed by atoms with Crippen LogP contribution in [0.2, 0.25) is 0 Å². The number of piperazine rings is 1. The molecule has 132 valence electrons. The lowest BCUT2D eigenvalue weighted by atomic mass is 10.1. The Morgan fingerprint density at radius 3 is 2.50 bits per heavy atom. The number of hydrogen-bond donors (Lipinski definition) is 5. The van der Waals surface area contributed by atoms with Gasteiger partial charge in [0.25, 0.3) is 0 Å². The van der Waals surface area contributed by atoms with Crippen LogP contribution in [0.15, 0.2) is 41.9 Å². The van der Waals surface area contributed by atoms with Gasteiger partial charge in [0.1, 0.15) is 17.6 Å². The Morgan fingerprint density at radius 2 is 1.92 bits per heavy atom. The molecule has 24 heavy (non-hydrogen) atoms. The first kappa shape index (κ1) is 17.8. The molecular formula is C15H20F3N5O. The molecule has 0 saturated carbocycles. The maximum absolute atomic E-state index is 12.9. The highest BCUT2D eigenvalue weighted by Gasteiger charge is 2.42. The van der Waals surface area contributed by atoms with Gasteiger partial charge in [0, 0.05) is 30.9 Å². The van der Waals surface area contributed by atoms with Crippen molar-refractivity contribution in [1.82, 2.24) is 10.2 Å². The zero-order chi connectivity index (χ0) is 17.9. The average molecular weight is 343 g/mol. The summed E-state index contributed by atoms with van der Waals surface area (Å²) >= 11 is 0. The van der Waals surface area contributed by atoms with Crippen LogP contribution in [0.3, 0.4) is 0 Å². The van der Waals surface area contributed by atoms with Gasteiger partial charge in [0.2, 0.25) is 0 Å². The number of nitrogens with two attached hydrogens (primary N) is 3. The van der Waals surface area contributed by atoms with Crippen molar-refractivity contribution >= 4 is 5.70 Å². The zero-order valence-corrected chi connectivity index (χ0v) is 12.8. The number of alkyl halides is 3. The van der Waals surface area contributed by atoms with Crippen molar-refractivity contribution in [3.05, 3.63) is 47.4 Å². The Morgan fingerprint density at radius 1 is 1.25 bits per heavy atom. The van der Waals surface area contributed by atoms with Crippen LogP contribution in [0.4, 0.5) is 13.2 Å². The van der Waals surface area contributed by atoms with Gasteiger partial charge in [-0.2, -0.15) is 13.2 Å². The third-order valence-corrected chi connectivity index (χ3v) is 3.71. The third kappa shape index (κ3) is 4.05. The molecule has 6 nitrogen and oxygen atoms in total. The van der Waals surface area contributed by atoms with Crippen molar-refractivity contribution < 1.29 is 18.3 Å². The summed E-state index contributed by atoms with van der Waals surface area (Å²) in [6.45, 7) is 0.0942. The van der Waals surface area contributed by atoms with Gasteiger partial charge in [0.15, 0.2) is 0 Å². The standard InChI is InChI=1S/C15H20F3N5O/c16-15(17,18)13-8-23(6-5-22-13)11(14(20)21)7-10(19)9-3-1-2-4-12(9)24/h1-4,7,13,22,24H,5-6,8,19-21H2/b10-7-. The largest absolute Gasteiger partial charge is 0.507 e. The zero-order valence-electron chi connectivity index (χ0n) is 12.8. The number of halogens is 3. The minimum Gasteiger partial charge on any atom is -0.507 e. The topological polar surface area (TPSA) is 114 Å². The second kappa shape index (κ2) is 6.91. The number of aromatic hydroxyl groups is 1. The molecule has 1 aliphatic heterocycles. The number of rotatable bonds is 3. The van der Waals surface area contributed by atoms with Gasteiger partial charge in [-0.25, -0.2) is 0 Å². The van der Waals surface area contributed by atoms with Gasteiger partial charge in [-0.3, -0.25) is 0 Å². The monoisotopic (exact) mass is 343 g/mol. The van der Waals surface area contributed by atoms with Crippen LogP contribution < -0.4 is 22.5 Å². The molecule has 1 aromatic carbocycles. The lowest BCUT2D eigenvalue weighted by Gasteiger charge is -2.36. The normalized spacial score (nSPS) is 19.2. The smallest absolute Gasteiger partial charge is 0.405 e. The van der Waals surface area contributed by atoms with E-state index in [1.165, 1.54) is 17.0 Å². The van der Waals surface area contributed by atoms with Crippen LogP contribution in [0.5, 0.6) is 5.75 Å². The maximum Gasteiger partial charge on any atom is 0.405 e. The number of phenols is 1. The molecule has 0 aliphatic carbocycles. The number of allylic oxidation sites excluding steroid dienone is 1. The fourth-order valence-corrected chi connectivity index (χ4v) is 2.49. The molecule has 1 aliphatic rings. The summed E-state index contributed by atoms with van der Waals surface area (Å²) in [5.41, 5.74) is 17.9. The van der Waals surface area contributed by atoms with E-state index in [4.69, 9.17) is 17.2 Å².